The number of benzene rings is 12. The maximum atomic E-state index is 13.5. The van der Waals surface area contributed by atoms with E-state index in [-0.39, 0.29) is 99.1 Å². The number of carboxylic acids is 1. The summed E-state index contributed by atoms with van der Waals surface area (Å²) in [6.45, 7) is 1.82. The molecule has 0 radical (unpaired) electrons. The molecule has 134 heavy (non-hydrogen) atoms. The summed E-state index contributed by atoms with van der Waals surface area (Å²) in [4.78, 5) is 133. The number of hydrogen-bond acceptors (Lipinski definition) is 33. The molecule has 684 valence electrons. The van der Waals surface area contributed by atoms with Gasteiger partial charge >= 0.3 is 72.6 Å². The van der Waals surface area contributed by atoms with Crippen LogP contribution in [0.3, 0.4) is 0 Å². The number of non-ortho nitro benzene ring substituents is 5. The molecule has 0 aromatic heterocycles. The second kappa shape index (κ2) is 48.6. The molecule has 0 saturated carbocycles. The number of nitro groups is 5. The zero-order chi connectivity index (χ0) is 99.4. The molecule has 12 aromatic rings. The van der Waals surface area contributed by atoms with Crippen LogP contribution in [-0.2, 0) is 0 Å². The fraction of sp³-hybridized carbons (Fsp3) is 0.0125. The minimum absolute atomic E-state index is 0.0104. The molecule has 0 aliphatic heterocycles. The molecular formula is C80H58B6Cl2F5N7O34. The Hall–Kier alpha value is -15.9. The van der Waals surface area contributed by atoms with Gasteiger partial charge in [-0.1, -0.05) is 83.9 Å². The van der Waals surface area contributed by atoms with Crippen molar-refractivity contribution in [3.63, 3.8) is 0 Å². The normalized spacial score (nSPS) is 10.2. The lowest BCUT2D eigenvalue weighted by molar-refractivity contribution is -0.385. The standard InChI is InChI=1S/C14H11BFNO5.C14H12BNO6.C13H8BCl2NO6.C13H8BF2NO6.C13H10BFN2O5.C13H9BFNO6/c16-12-4-2-1-3-11(12)13(18)17-10-6-8(14(19)20)5-9(7-10)15(21)22;1-9-3-2-4-13(5-9)22-14(17)10-6-11(15(18)19)8-12(7-10)16(20)21;2*15-10-2-1-3-11(16)12(10)23-13(18)7-4-8(14(19)20)6-9(5-7)17(21)22;15-12-4-2-1-3-11(12)13(18)16-9-5-8(14(19)20)6-10(7-9)17(21)22;15-11-3-1-2-4-12(11)22-13(17)8-5-9(14(18)19)7-10(6-8)16(20)21/h1-7,21-22H,(H,17,18)(H,19,20);2-8,18-19H,1H3;2*1-6,19-20H;1-7,19-20H,(H,16,18);1-7,18-19H. The summed E-state index contributed by atoms with van der Waals surface area (Å²) in [6.07, 6.45) is 0. The number of para-hydroxylation sites is 3. The fourth-order valence-electron chi connectivity index (χ4n) is 10.7. The first kappa shape index (κ1) is 105. The zero-order valence-corrected chi connectivity index (χ0v) is 68.8. The van der Waals surface area contributed by atoms with Gasteiger partial charge in [0.25, 0.3) is 40.3 Å². The number of esters is 4. The summed E-state index contributed by atoms with van der Waals surface area (Å²) in [5.74, 6) is -12.7. The number of hydrogen-bond donors (Lipinski definition) is 15. The van der Waals surface area contributed by atoms with Crippen LogP contribution in [-0.4, -0.2) is 174 Å². The number of halogens is 7. The summed E-state index contributed by atoms with van der Waals surface area (Å²) in [5, 5.41) is 177. The van der Waals surface area contributed by atoms with E-state index in [1.807, 2.05) is 13.0 Å². The molecule has 0 atom stereocenters. The minimum Gasteiger partial charge on any atom is -0.478 e. The Morgan fingerprint density at radius 3 is 0.955 bits per heavy atom. The molecule has 0 spiro atoms. The van der Waals surface area contributed by atoms with Gasteiger partial charge in [-0.2, -0.15) is 0 Å². The summed E-state index contributed by atoms with van der Waals surface area (Å²) >= 11 is 11.7. The van der Waals surface area contributed by atoms with Crippen molar-refractivity contribution >= 4 is 180 Å². The van der Waals surface area contributed by atoms with Gasteiger partial charge in [0.05, 0.1) is 73.6 Å². The Kier molecular flexibility index (Phi) is 38.2. The third-order valence-corrected chi connectivity index (χ3v) is 17.5. The van der Waals surface area contributed by atoms with Crippen LogP contribution >= 0.6 is 23.2 Å². The van der Waals surface area contributed by atoms with Gasteiger partial charge in [0.2, 0.25) is 5.75 Å². The number of nitrogens with zero attached hydrogens (tertiary/aromatic N) is 5. The van der Waals surface area contributed by atoms with Crippen LogP contribution in [0.15, 0.2) is 243 Å². The van der Waals surface area contributed by atoms with E-state index in [4.69, 9.17) is 103 Å². The summed E-state index contributed by atoms with van der Waals surface area (Å²) in [7, 11) is -11.8. The molecule has 2 amide bonds. The minimum atomic E-state index is -2.08. The Labute approximate surface area is 758 Å². The molecule has 0 aliphatic rings. The molecule has 15 N–H and O–H groups in total. The maximum absolute atomic E-state index is 13.5. The van der Waals surface area contributed by atoms with E-state index >= 15 is 0 Å². The summed E-state index contributed by atoms with van der Waals surface area (Å²) in [5.41, 5.74) is -4.77. The Bertz CT molecular complexity index is 6190. The number of anilines is 2. The maximum Gasteiger partial charge on any atom is 0.488 e. The highest BCUT2D eigenvalue weighted by atomic mass is 35.5. The fourth-order valence-corrected chi connectivity index (χ4v) is 11.1. The predicted molar refractivity (Wildman–Crippen MR) is 467 cm³/mol. The first-order chi connectivity index (χ1) is 63.1. The van der Waals surface area contributed by atoms with Crippen molar-refractivity contribution in [3.8, 4) is 23.0 Å². The number of nitrogens with one attached hydrogen (secondary N) is 2. The van der Waals surface area contributed by atoms with E-state index in [1.165, 1.54) is 72.8 Å². The Morgan fingerprint density at radius 1 is 0.313 bits per heavy atom. The molecule has 0 heterocycles. The second-order valence-corrected chi connectivity index (χ2v) is 27.3. The van der Waals surface area contributed by atoms with Gasteiger partial charge in [-0.15, -0.1) is 0 Å². The Morgan fingerprint density at radius 2 is 0.604 bits per heavy atom. The van der Waals surface area contributed by atoms with Gasteiger partial charge in [0, 0.05) is 72.0 Å². The smallest absolute Gasteiger partial charge is 0.478 e. The quantitative estimate of drug-likeness (QED) is 0.00931. The van der Waals surface area contributed by atoms with Crippen LogP contribution in [0.2, 0.25) is 10.0 Å². The van der Waals surface area contributed by atoms with Gasteiger partial charge in [-0.05, 0) is 167 Å². The van der Waals surface area contributed by atoms with Crippen molar-refractivity contribution in [2.75, 3.05) is 10.6 Å². The lowest BCUT2D eigenvalue weighted by atomic mass is 9.79. The number of amides is 2. The monoisotopic (exact) mass is 1890 g/mol. The highest BCUT2D eigenvalue weighted by molar-refractivity contribution is 6.61. The molecule has 12 rings (SSSR count). The largest absolute Gasteiger partial charge is 0.488 e. The van der Waals surface area contributed by atoms with Crippen LogP contribution in [0, 0.1) is 86.6 Å². The molecule has 0 fully saturated rings. The van der Waals surface area contributed by atoms with Gasteiger partial charge < -0.3 is 95.0 Å². The summed E-state index contributed by atoms with van der Waals surface area (Å²) < 4.78 is 86.8. The van der Waals surface area contributed by atoms with Gasteiger partial charge in [-0.25, -0.2) is 45.9 Å². The number of aromatic carboxylic acids is 1. The van der Waals surface area contributed by atoms with E-state index in [0.29, 0.717) is 5.75 Å². The zero-order valence-electron chi connectivity index (χ0n) is 67.3. The van der Waals surface area contributed by atoms with E-state index in [0.717, 1.165) is 145 Å². The topological polar surface area (TPSA) is 659 Å². The third kappa shape index (κ3) is 30.9. The number of ether oxygens (including phenoxy) is 4. The number of rotatable bonds is 24. The number of carbonyl (C=O) groups excluding carboxylic acids is 6. The number of carboxylic acid groups (broad SMARTS) is 1. The van der Waals surface area contributed by atoms with E-state index in [1.54, 1.807) is 24.3 Å². The SMILES string of the molecule is Cc1cccc(OC(=O)c2cc(B(O)O)cc([N+](=O)[O-])c2)c1.O=C(Nc1cc(B(O)O)cc([N+](=O)[O-])c1)c1ccccc1F.O=C(O)c1cc(NC(=O)c2ccccc2F)cc(B(O)O)c1.O=C(Oc1c(Cl)cccc1Cl)c1cc(B(O)O)cc([N+](=O)[O-])c1.O=C(Oc1c(F)cccc1F)c1cc(B(O)O)cc([N+](=O)[O-])c1.O=C(Oc1ccccc1F)c1cc(B(O)O)cc([N+](=O)[O-])c1. The molecule has 54 heteroatoms. The molecular weight excluding hydrogens is 1830 g/mol. The van der Waals surface area contributed by atoms with Crippen molar-refractivity contribution in [2.45, 2.75) is 6.92 Å². The van der Waals surface area contributed by atoms with E-state index < -0.39 is 178 Å². The van der Waals surface area contributed by atoms with E-state index in [2.05, 4.69) is 15.4 Å². The van der Waals surface area contributed by atoms with Crippen LogP contribution in [0.5, 0.6) is 23.0 Å². The predicted octanol–water partition coefficient (Wildman–Crippen LogP) is 5.13. The first-order valence-electron chi connectivity index (χ1n) is 36.8. The lowest BCUT2D eigenvalue weighted by Gasteiger charge is -2.09. The van der Waals surface area contributed by atoms with Crippen molar-refractivity contribution in [1.29, 1.82) is 0 Å². The number of aryl methyl sites for hydroxylation is 1. The number of carbonyl (C=O) groups is 7. The third-order valence-electron chi connectivity index (χ3n) is 16.9. The average molecular weight is 1890 g/mol. The van der Waals surface area contributed by atoms with Crippen LogP contribution in [0.4, 0.5) is 61.8 Å². The molecule has 0 bridgehead atoms. The molecule has 0 saturated heterocycles. The number of nitro benzene ring substituents is 5. The van der Waals surface area contributed by atoms with Crippen LogP contribution in [0.1, 0.15) is 78.1 Å². The van der Waals surface area contributed by atoms with Crippen LogP contribution < -0.4 is 62.4 Å². The van der Waals surface area contributed by atoms with Crippen molar-refractivity contribution < 1.29 is 164 Å². The first-order valence-corrected chi connectivity index (χ1v) is 37.6. The van der Waals surface area contributed by atoms with Gasteiger partial charge in [-0.3, -0.25) is 60.2 Å². The van der Waals surface area contributed by atoms with E-state index in [9.17, 15) is 106 Å². The molecule has 12 aromatic carbocycles. The lowest BCUT2D eigenvalue weighted by Crippen LogP contribution is -2.31. The van der Waals surface area contributed by atoms with Gasteiger partial charge in [0.15, 0.2) is 29.0 Å². The van der Waals surface area contributed by atoms with Gasteiger partial charge in [0.1, 0.15) is 17.4 Å². The summed E-state index contributed by atoms with van der Waals surface area (Å²) in [6, 6.07) is 47.6. The second-order valence-electron chi connectivity index (χ2n) is 26.5. The highest BCUT2D eigenvalue weighted by Crippen LogP contribution is 2.34. The van der Waals surface area contributed by atoms with Crippen molar-refractivity contribution in [2.24, 2.45) is 0 Å². The van der Waals surface area contributed by atoms with Crippen LogP contribution in [0.25, 0.3) is 0 Å². The average Bonchev–Trinajstić information content (AvgIpc) is 0.828. The van der Waals surface area contributed by atoms with Crippen molar-refractivity contribution in [3.05, 3.63) is 377 Å². The highest BCUT2D eigenvalue weighted by Gasteiger charge is 2.30. The molecule has 41 nitrogen and oxygen atoms in total. The Balaban J connectivity index is 0.000000219. The molecule has 0 unspecified atom stereocenters. The van der Waals surface area contributed by atoms with Crippen molar-refractivity contribution in [1.82, 2.24) is 0 Å². The molecule has 0 aliphatic carbocycles.